The van der Waals surface area contributed by atoms with Crippen LogP contribution in [0.5, 0.6) is 0 Å². The Hall–Kier alpha value is -1.55. The summed E-state index contributed by atoms with van der Waals surface area (Å²) < 4.78 is 0. The van der Waals surface area contributed by atoms with Crippen LogP contribution >= 0.6 is 11.3 Å². The summed E-state index contributed by atoms with van der Waals surface area (Å²) in [6.45, 7) is 6.21. The van der Waals surface area contributed by atoms with Gasteiger partial charge in [0.2, 0.25) is 0 Å². The van der Waals surface area contributed by atoms with Crippen molar-refractivity contribution in [2.24, 2.45) is 5.41 Å². The van der Waals surface area contributed by atoms with Gasteiger partial charge in [0.05, 0.1) is 16.3 Å². The van der Waals surface area contributed by atoms with Gasteiger partial charge in [-0.1, -0.05) is 19.9 Å². The number of pyridine rings is 1. The summed E-state index contributed by atoms with van der Waals surface area (Å²) in [5, 5.41) is 0.861. The monoisotopic (exact) mass is 272 g/mol. The fourth-order valence-corrected chi connectivity index (χ4v) is 3.48. The topological polar surface area (TPSA) is 42.9 Å². The van der Waals surface area contributed by atoms with Gasteiger partial charge in [-0.2, -0.15) is 0 Å². The number of rotatable bonds is 1. The van der Waals surface area contributed by atoms with E-state index in [2.05, 4.69) is 23.8 Å². The number of carbonyl (C=O) groups excluding carboxylic acids is 1. The van der Waals surface area contributed by atoms with Gasteiger partial charge in [-0.15, -0.1) is 11.3 Å². The molecule has 0 aliphatic heterocycles. The molecule has 4 heteroatoms. The van der Waals surface area contributed by atoms with Crippen LogP contribution in [0.15, 0.2) is 18.2 Å². The molecule has 0 saturated heterocycles. The summed E-state index contributed by atoms with van der Waals surface area (Å²) in [4.78, 5) is 22.1. The minimum atomic E-state index is 0.0233. The molecule has 19 heavy (non-hydrogen) atoms. The second-order valence-electron chi connectivity index (χ2n) is 5.90. The number of fused-ring (bicyclic) bond motifs is 1. The molecule has 0 unspecified atom stereocenters. The van der Waals surface area contributed by atoms with E-state index in [0.29, 0.717) is 6.42 Å². The number of Topliss-reactive ketones (excluding diaryl/α,β-unsaturated/α-hetero) is 1. The highest BCUT2D eigenvalue weighted by Crippen LogP contribution is 2.39. The Kier molecular flexibility index (Phi) is 2.78. The van der Waals surface area contributed by atoms with Crippen molar-refractivity contribution >= 4 is 17.1 Å². The van der Waals surface area contributed by atoms with Crippen LogP contribution in [0.2, 0.25) is 0 Å². The summed E-state index contributed by atoms with van der Waals surface area (Å²) in [7, 11) is 0. The lowest BCUT2D eigenvalue weighted by Gasteiger charge is -2.26. The lowest BCUT2D eigenvalue weighted by atomic mass is 9.78. The number of thiazole rings is 1. The third kappa shape index (κ3) is 2.32. The van der Waals surface area contributed by atoms with Crippen LogP contribution in [0.3, 0.4) is 0 Å². The van der Waals surface area contributed by atoms with Crippen molar-refractivity contribution in [2.75, 3.05) is 0 Å². The molecule has 0 N–H and O–H groups in total. The molecule has 0 aromatic carbocycles. The van der Waals surface area contributed by atoms with E-state index < -0.39 is 0 Å². The highest BCUT2D eigenvalue weighted by molar-refractivity contribution is 7.17. The first-order chi connectivity index (χ1) is 8.94. The van der Waals surface area contributed by atoms with Crippen molar-refractivity contribution in [3.8, 4) is 10.7 Å². The van der Waals surface area contributed by atoms with Crippen LogP contribution in [0.25, 0.3) is 10.7 Å². The van der Waals surface area contributed by atoms with Gasteiger partial charge >= 0.3 is 0 Å². The molecular weight excluding hydrogens is 256 g/mol. The molecule has 0 bridgehead atoms. The average Bonchev–Trinajstić information content (AvgIpc) is 2.71. The largest absolute Gasteiger partial charge is 0.293 e. The van der Waals surface area contributed by atoms with Crippen molar-refractivity contribution in [1.82, 2.24) is 9.97 Å². The first kappa shape index (κ1) is 12.5. The zero-order chi connectivity index (χ0) is 13.6. The van der Waals surface area contributed by atoms with E-state index in [9.17, 15) is 4.79 Å². The standard InChI is InChI=1S/C15H16N2OS/c1-9-5-4-6-10(16-9)14-17-11-7-15(2,3)8-12(18)13(11)19-14/h4-6H,7-8H2,1-3H3. The average molecular weight is 272 g/mol. The molecule has 0 saturated carbocycles. The van der Waals surface area contributed by atoms with Gasteiger partial charge in [-0.3, -0.25) is 9.78 Å². The summed E-state index contributed by atoms with van der Waals surface area (Å²) >= 11 is 1.48. The number of carbonyl (C=O) groups is 1. The van der Waals surface area contributed by atoms with Crippen LogP contribution in [0.1, 0.15) is 41.3 Å². The zero-order valence-corrected chi connectivity index (χ0v) is 12.2. The third-order valence-corrected chi connectivity index (χ3v) is 4.50. The van der Waals surface area contributed by atoms with E-state index in [1.165, 1.54) is 11.3 Å². The van der Waals surface area contributed by atoms with Gasteiger partial charge in [0.1, 0.15) is 5.01 Å². The van der Waals surface area contributed by atoms with Crippen LogP contribution < -0.4 is 0 Å². The molecule has 3 rings (SSSR count). The maximum absolute atomic E-state index is 12.2. The maximum atomic E-state index is 12.2. The van der Waals surface area contributed by atoms with E-state index in [1.54, 1.807) is 0 Å². The van der Waals surface area contributed by atoms with Gasteiger partial charge in [0.25, 0.3) is 0 Å². The van der Waals surface area contributed by atoms with Gasteiger partial charge in [0, 0.05) is 12.1 Å². The number of nitrogens with zero attached hydrogens (tertiary/aromatic N) is 2. The minimum absolute atomic E-state index is 0.0233. The van der Waals surface area contributed by atoms with Crippen LogP contribution in [0, 0.1) is 12.3 Å². The van der Waals surface area contributed by atoms with Gasteiger partial charge in [-0.25, -0.2) is 4.98 Å². The van der Waals surface area contributed by atoms with Gasteiger partial charge in [0.15, 0.2) is 5.78 Å². The maximum Gasteiger partial charge on any atom is 0.175 e. The fourth-order valence-electron chi connectivity index (χ4n) is 2.49. The molecule has 2 heterocycles. The van der Waals surface area contributed by atoms with Gasteiger partial charge < -0.3 is 0 Å². The first-order valence-electron chi connectivity index (χ1n) is 6.42. The number of ketones is 1. The molecule has 3 nitrogen and oxygen atoms in total. The van der Waals surface area contributed by atoms with E-state index in [4.69, 9.17) is 0 Å². The molecule has 0 spiro atoms. The molecule has 0 fully saturated rings. The molecule has 0 amide bonds. The van der Waals surface area contributed by atoms with Crippen molar-refractivity contribution in [2.45, 2.75) is 33.6 Å². The summed E-state index contributed by atoms with van der Waals surface area (Å²) in [5.41, 5.74) is 2.81. The van der Waals surface area contributed by atoms with Crippen molar-refractivity contribution < 1.29 is 4.79 Å². The Morgan fingerprint density at radius 1 is 1.21 bits per heavy atom. The Labute approximate surface area is 116 Å². The second-order valence-corrected chi connectivity index (χ2v) is 6.90. The van der Waals surface area contributed by atoms with Crippen molar-refractivity contribution in [3.63, 3.8) is 0 Å². The first-order valence-corrected chi connectivity index (χ1v) is 7.23. The van der Waals surface area contributed by atoms with Crippen LogP contribution in [-0.2, 0) is 6.42 Å². The molecule has 0 atom stereocenters. The molecule has 1 aliphatic rings. The fraction of sp³-hybridized carbons (Fsp3) is 0.400. The molecular formula is C15H16N2OS. The van der Waals surface area contributed by atoms with E-state index in [1.807, 2.05) is 25.1 Å². The molecule has 2 aromatic heterocycles. The highest BCUT2D eigenvalue weighted by atomic mass is 32.1. The quantitative estimate of drug-likeness (QED) is 0.795. The summed E-state index contributed by atoms with van der Waals surface area (Å²) in [6.07, 6.45) is 1.49. The summed E-state index contributed by atoms with van der Waals surface area (Å²) in [6, 6.07) is 5.89. The van der Waals surface area contributed by atoms with Crippen LogP contribution in [-0.4, -0.2) is 15.8 Å². The Balaban J connectivity index is 2.06. The molecule has 98 valence electrons. The van der Waals surface area contributed by atoms with Crippen LogP contribution in [0.4, 0.5) is 0 Å². The zero-order valence-electron chi connectivity index (χ0n) is 11.4. The normalized spacial score (nSPS) is 17.3. The number of aryl methyl sites for hydroxylation is 1. The predicted molar refractivity (Wildman–Crippen MR) is 76.5 cm³/mol. The number of hydrogen-bond acceptors (Lipinski definition) is 4. The number of aromatic nitrogens is 2. The second kappa shape index (κ2) is 4.23. The Bertz CT molecular complexity index is 658. The van der Waals surface area contributed by atoms with Gasteiger partial charge in [-0.05, 0) is 30.9 Å². The third-order valence-electron chi connectivity index (χ3n) is 3.34. The number of hydrogen-bond donors (Lipinski definition) is 0. The molecule has 2 aromatic rings. The predicted octanol–water partition coefficient (Wildman–Crippen LogP) is 3.67. The molecule has 1 aliphatic carbocycles. The minimum Gasteiger partial charge on any atom is -0.293 e. The lowest BCUT2D eigenvalue weighted by Crippen LogP contribution is -2.25. The SMILES string of the molecule is Cc1cccc(-c2nc3c(s2)C(=O)CC(C)(C)C3)n1. The van der Waals surface area contributed by atoms with Crippen molar-refractivity contribution in [3.05, 3.63) is 34.5 Å². The van der Waals surface area contributed by atoms with E-state index in [-0.39, 0.29) is 11.2 Å². The lowest BCUT2D eigenvalue weighted by molar-refractivity contribution is 0.0916. The highest BCUT2D eigenvalue weighted by Gasteiger charge is 2.34. The van der Waals surface area contributed by atoms with Crippen molar-refractivity contribution in [1.29, 1.82) is 0 Å². The molecule has 0 radical (unpaired) electrons. The van der Waals surface area contributed by atoms with E-state index >= 15 is 0 Å². The Morgan fingerprint density at radius 2 is 2.00 bits per heavy atom. The summed E-state index contributed by atoms with van der Waals surface area (Å²) in [5.74, 6) is 0.225. The smallest absolute Gasteiger partial charge is 0.175 e. The van der Waals surface area contributed by atoms with E-state index in [0.717, 1.165) is 33.4 Å². The Morgan fingerprint density at radius 3 is 2.74 bits per heavy atom.